The molecule has 2 aromatic rings. The van der Waals surface area contributed by atoms with Gasteiger partial charge in [-0.3, -0.25) is 4.79 Å². The highest BCUT2D eigenvalue weighted by Crippen LogP contribution is 2.34. The SMILES string of the molecule is O=C(Nc1c(Cl)cc(Cl)cc1Cl)c1ccnc(F)c1F. The lowest BCUT2D eigenvalue weighted by atomic mass is 10.2. The van der Waals surface area contributed by atoms with Gasteiger partial charge in [-0.1, -0.05) is 34.8 Å². The maximum atomic E-state index is 13.4. The van der Waals surface area contributed by atoms with Gasteiger partial charge in [0.05, 0.1) is 21.3 Å². The molecule has 0 unspecified atom stereocenters. The highest BCUT2D eigenvalue weighted by atomic mass is 35.5. The normalized spacial score (nSPS) is 10.4. The van der Waals surface area contributed by atoms with E-state index in [1.54, 1.807) is 0 Å². The van der Waals surface area contributed by atoms with Gasteiger partial charge in [-0.25, -0.2) is 9.37 Å². The van der Waals surface area contributed by atoms with E-state index >= 15 is 0 Å². The van der Waals surface area contributed by atoms with E-state index < -0.39 is 23.2 Å². The van der Waals surface area contributed by atoms with E-state index in [9.17, 15) is 13.6 Å². The maximum Gasteiger partial charge on any atom is 0.258 e. The molecule has 104 valence electrons. The van der Waals surface area contributed by atoms with Crippen molar-refractivity contribution in [3.05, 3.63) is 56.8 Å². The fourth-order valence-electron chi connectivity index (χ4n) is 1.44. The quantitative estimate of drug-likeness (QED) is 0.816. The average molecular weight is 338 g/mol. The summed E-state index contributed by atoms with van der Waals surface area (Å²) in [6.07, 6.45) is 0.971. The van der Waals surface area contributed by atoms with Crippen molar-refractivity contribution in [1.82, 2.24) is 4.98 Å². The van der Waals surface area contributed by atoms with Crippen molar-refractivity contribution in [3.8, 4) is 0 Å². The number of aromatic nitrogens is 1. The molecule has 0 aliphatic heterocycles. The first-order chi connectivity index (χ1) is 9.40. The first-order valence-electron chi connectivity index (χ1n) is 5.16. The summed E-state index contributed by atoms with van der Waals surface area (Å²) >= 11 is 17.5. The van der Waals surface area contributed by atoms with Crippen LogP contribution in [-0.4, -0.2) is 10.9 Å². The zero-order chi connectivity index (χ0) is 14.9. The third-order valence-corrected chi connectivity index (χ3v) is 3.15. The van der Waals surface area contributed by atoms with E-state index in [0.717, 1.165) is 12.3 Å². The monoisotopic (exact) mass is 336 g/mol. The van der Waals surface area contributed by atoms with Crippen LogP contribution >= 0.6 is 34.8 Å². The number of rotatable bonds is 2. The highest BCUT2D eigenvalue weighted by molar-refractivity contribution is 6.42. The number of hydrogen-bond acceptors (Lipinski definition) is 2. The molecule has 0 radical (unpaired) electrons. The van der Waals surface area contributed by atoms with Gasteiger partial charge in [-0.15, -0.1) is 0 Å². The number of carbonyl (C=O) groups is 1. The standard InChI is InChI=1S/C12H5Cl3F2N2O/c13-5-3-7(14)10(8(15)4-5)19-12(20)6-1-2-18-11(17)9(6)16/h1-4H,(H,19,20). The molecule has 2 rings (SSSR count). The minimum atomic E-state index is -1.37. The molecule has 1 N–H and O–H groups in total. The van der Waals surface area contributed by atoms with Crippen molar-refractivity contribution in [2.75, 3.05) is 5.32 Å². The van der Waals surface area contributed by atoms with Gasteiger partial charge >= 0.3 is 0 Å². The van der Waals surface area contributed by atoms with Gasteiger partial charge in [0.1, 0.15) is 0 Å². The number of amides is 1. The number of carbonyl (C=O) groups excluding carboxylic acids is 1. The number of benzene rings is 1. The summed E-state index contributed by atoms with van der Waals surface area (Å²) in [5.41, 5.74) is -0.459. The molecule has 0 fully saturated rings. The van der Waals surface area contributed by atoms with Crippen LogP contribution in [0.1, 0.15) is 10.4 Å². The van der Waals surface area contributed by atoms with Gasteiger partial charge in [0.2, 0.25) is 5.95 Å². The molecule has 0 spiro atoms. The van der Waals surface area contributed by atoms with Crippen molar-refractivity contribution in [2.45, 2.75) is 0 Å². The summed E-state index contributed by atoms with van der Waals surface area (Å²) in [6.45, 7) is 0. The largest absolute Gasteiger partial charge is 0.319 e. The minimum Gasteiger partial charge on any atom is -0.319 e. The fourth-order valence-corrected chi connectivity index (χ4v) is 2.35. The molecule has 1 amide bonds. The third-order valence-electron chi connectivity index (χ3n) is 2.34. The van der Waals surface area contributed by atoms with Crippen molar-refractivity contribution in [2.24, 2.45) is 0 Å². The maximum absolute atomic E-state index is 13.4. The second kappa shape index (κ2) is 5.91. The highest BCUT2D eigenvalue weighted by Gasteiger charge is 2.18. The molecule has 1 aromatic carbocycles. The Bertz CT molecular complexity index is 671. The summed E-state index contributed by atoms with van der Waals surface area (Å²) < 4.78 is 26.4. The molecule has 0 saturated heterocycles. The second-order valence-electron chi connectivity index (χ2n) is 3.66. The Kier molecular flexibility index (Phi) is 4.42. The van der Waals surface area contributed by atoms with E-state index in [1.807, 2.05) is 0 Å². The molecule has 0 atom stereocenters. The number of nitrogens with one attached hydrogen (secondary N) is 1. The third kappa shape index (κ3) is 3.00. The molecule has 0 bridgehead atoms. The van der Waals surface area contributed by atoms with Crippen molar-refractivity contribution < 1.29 is 13.6 Å². The van der Waals surface area contributed by atoms with Crippen LogP contribution in [0, 0.1) is 11.8 Å². The first kappa shape index (κ1) is 15.0. The predicted molar refractivity (Wildman–Crippen MR) is 73.6 cm³/mol. The number of halogens is 5. The topological polar surface area (TPSA) is 42.0 Å². The van der Waals surface area contributed by atoms with Crippen molar-refractivity contribution in [1.29, 1.82) is 0 Å². The Hall–Kier alpha value is -1.43. The smallest absolute Gasteiger partial charge is 0.258 e. The number of anilines is 1. The van der Waals surface area contributed by atoms with Gasteiger partial charge in [0.25, 0.3) is 5.91 Å². The number of nitrogens with zero attached hydrogens (tertiary/aromatic N) is 1. The average Bonchev–Trinajstić information content (AvgIpc) is 2.36. The zero-order valence-corrected chi connectivity index (χ0v) is 11.8. The van der Waals surface area contributed by atoms with E-state index in [-0.39, 0.29) is 20.8 Å². The van der Waals surface area contributed by atoms with E-state index in [0.29, 0.717) is 0 Å². The van der Waals surface area contributed by atoms with Crippen LogP contribution in [0.4, 0.5) is 14.5 Å². The van der Waals surface area contributed by atoms with Gasteiger partial charge in [-0.05, 0) is 18.2 Å². The molecule has 8 heteroatoms. The van der Waals surface area contributed by atoms with Crippen LogP contribution in [0.3, 0.4) is 0 Å². The second-order valence-corrected chi connectivity index (χ2v) is 4.91. The molecule has 20 heavy (non-hydrogen) atoms. The van der Waals surface area contributed by atoms with E-state index in [2.05, 4.69) is 10.3 Å². The lowest BCUT2D eigenvalue weighted by molar-refractivity contribution is 0.102. The van der Waals surface area contributed by atoms with Crippen molar-refractivity contribution >= 4 is 46.4 Å². The summed E-state index contributed by atoms with van der Waals surface area (Å²) in [6, 6.07) is 3.74. The van der Waals surface area contributed by atoms with Gasteiger partial charge in [0, 0.05) is 11.2 Å². The summed E-state index contributed by atoms with van der Waals surface area (Å²) in [7, 11) is 0. The molecule has 0 saturated carbocycles. The lowest BCUT2D eigenvalue weighted by Crippen LogP contribution is -2.15. The molecule has 3 nitrogen and oxygen atoms in total. The molecular weight excluding hydrogens is 332 g/mol. The molecule has 0 aliphatic rings. The Morgan fingerprint density at radius 2 is 1.75 bits per heavy atom. The summed E-state index contributed by atoms with van der Waals surface area (Å²) in [5, 5.41) is 2.72. The van der Waals surface area contributed by atoms with Crippen LogP contribution in [0.5, 0.6) is 0 Å². The van der Waals surface area contributed by atoms with Crippen LogP contribution in [-0.2, 0) is 0 Å². The number of pyridine rings is 1. The van der Waals surface area contributed by atoms with Crippen LogP contribution in [0.15, 0.2) is 24.4 Å². The molecule has 0 aliphatic carbocycles. The molecular formula is C12H5Cl3F2N2O. The van der Waals surface area contributed by atoms with Crippen molar-refractivity contribution in [3.63, 3.8) is 0 Å². The Balaban J connectivity index is 2.36. The summed E-state index contributed by atoms with van der Waals surface area (Å²) in [5.74, 6) is -3.63. The van der Waals surface area contributed by atoms with E-state index in [1.165, 1.54) is 12.1 Å². The van der Waals surface area contributed by atoms with Crippen LogP contribution in [0.2, 0.25) is 15.1 Å². The van der Waals surface area contributed by atoms with E-state index in [4.69, 9.17) is 34.8 Å². The van der Waals surface area contributed by atoms with Gasteiger partial charge in [-0.2, -0.15) is 4.39 Å². The van der Waals surface area contributed by atoms with Gasteiger partial charge in [0.15, 0.2) is 5.82 Å². The predicted octanol–water partition coefficient (Wildman–Crippen LogP) is 4.57. The van der Waals surface area contributed by atoms with Gasteiger partial charge < -0.3 is 5.32 Å². The molecule has 1 heterocycles. The molecule has 1 aromatic heterocycles. The summed E-state index contributed by atoms with van der Waals surface area (Å²) in [4.78, 5) is 15.0. The van der Waals surface area contributed by atoms with Crippen LogP contribution in [0.25, 0.3) is 0 Å². The Morgan fingerprint density at radius 1 is 1.15 bits per heavy atom. The Labute approximate surface area is 127 Å². The minimum absolute atomic E-state index is 0.0550. The number of hydrogen-bond donors (Lipinski definition) is 1. The zero-order valence-electron chi connectivity index (χ0n) is 9.55. The Morgan fingerprint density at radius 3 is 2.35 bits per heavy atom. The van der Waals surface area contributed by atoms with Crippen LogP contribution < -0.4 is 5.32 Å². The fraction of sp³-hybridized carbons (Fsp3) is 0. The first-order valence-corrected chi connectivity index (χ1v) is 6.29. The lowest BCUT2D eigenvalue weighted by Gasteiger charge is -2.10.